The molecule has 0 heterocycles. The van der Waals surface area contributed by atoms with Gasteiger partial charge in [-0.2, -0.15) is 0 Å². The van der Waals surface area contributed by atoms with Gasteiger partial charge in [0.15, 0.2) is 16.6 Å². The normalized spacial score (nSPS) is 21.4. The maximum Gasteiger partial charge on any atom is 0.407 e. The van der Waals surface area contributed by atoms with Gasteiger partial charge in [-0.3, -0.25) is 4.79 Å². The van der Waals surface area contributed by atoms with Gasteiger partial charge < -0.3 is 62.1 Å². The number of nitrogens with one attached hydrogen (secondary N) is 3. The van der Waals surface area contributed by atoms with Gasteiger partial charge in [0.2, 0.25) is 0 Å². The molecule has 0 saturated heterocycles. The van der Waals surface area contributed by atoms with E-state index in [1.807, 2.05) is 0 Å². The van der Waals surface area contributed by atoms with Crippen LogP contribution in [-0.2, 0) is 60.5 Å². The van der Waals surface area contributed by atoms with Crippen LogP contribution in [0.5, 0.6) is 0 Å². The Morgan fingerprint density at radius 1 is 0.507 bits per heavy atom. The van der Waals surface area contributed by atoms with Crippen LogP contribution in [0.15, 0.2) is 24.3 Å². The summed E-state index contributed by atoms with van der Waals surface area (Å²) in [7, 11) is -6.60. The maximum atomic E-state index is 12.8. The molecule has 432 valence electrons. The van der Waals surface area contributed by atoms with E-state index in [0.717, 1.165) is 50.6 Å². The lowest BCUT2D eigenvalue weighted by atomic mass is 9.61. The maximum absolute atomic E-state index is 12.8. The highest BCUT2D eigenvalue weighted by atomic mass is 28.5. The van der Waals surface area contributed by atoms with Crippen LogP contribution in [0.25, 0.3) is 0 Å². The molecule has 0 aromatic carbocycles. The Hall–Kier alpha value is -3.81. The molecule has 2 saturated carbocycles. The lowest BCUT2D eigenvalue weighted by molar-refractivity contribution is -0.150. The highest BCUT2D eigenvalue weighted by Crippen LogP contribution is 2.49. The second-order valence-electron chi connectivity index (χ2n) is 24.7. The number of alkyl carbamates (subject to hydrolysis) is 3. The molecule has 2 aliphatic carbocycles. The van der Waals surface area contributed by atoms with E-state index in [1.54, 1.807) is 13.8 Å². The summed E-state index contributed by atoms with van der Waals surface area (Å²) in [6, 6.07) is 1.56. The van der Waals surface area contributed by atoms with Gasteiger partial charge in [0.25, 0.3) is 0 Å². The van der Waals surface area contributed by atoms with Gasteiger partial charge in [-0.1, -0.05) is 54.7 Å². The van der Waals surface area contributed by atoms with E-state index in [0.29, 0.717) is 39.0 Å². The molecular formula is C53H97N3O16Si3. The van der Waals surface area contributed by atoms with Crippen molar-refractivity contribution in [3.63, 3.8) is 0 Å². The van der Waals surface area contributed by atoms with Crippen LogP contribution < -0.4 is 16.0 Å². The third-order valence-electron chi connectivity index (χ3n) is 13.1. The number of carbonyl (C=O) groups excluding carboxylic acids is 6. The number of amides is 3. The predicted molar refractivity (Wildman–Crippen MR) is 294 cm³/mol. The summed E-state index contributed by atoms with van der Waals surface area (Å²) in [5.74, 6) is -1.40. The number of rotatable bonds is 33. The van der Waals surface area contributed by atoms with Crippen LogP contribution in [0.1, 0.15) is 120 Å². The molecule has 0 aromatic heterocycles. The minimum absolute atomic E-state index is 0.00765. The molecule has 19 nitrogen and oxygen atoms in total. The van der Waals surface area contributed by atoms with Gasteiger partial charge in [-0.15, -0.1) is 0 Å². The topological polar surface area (TPSA) is 231 Å². The van der Waals surface area contributed by atoms with E-state index in [9.17, 15) is 28.8 Å². The molecule has 0 bridgehead atoms. The zero-order valence-corrected chi connectivity index (χ0v) is 51.4. The van der Waals surface area contributed by atoms with Gasteiger partial charge in [0, 0.05) is 49.4 Å². The summed E-state index contributed by atoms with van der Waals surface area (Å²) >= 11 is 0. The molecule has 22 heteroatoms. The highest BCUT2D eigenvalue weighted by molar-refractivity contribution is 6.87. The first kappa shape index (κ1) is 67.3. The number of hydrogen-bond donors (Lipinski definition) is 3. The second kappa shape index (κ2) is 31.0. The lowest BCUT2D eigenvalue weighted by Gasteiger charge is -2.46. The van der Waals surface area contributed by atoms with Crippen LogP contribution in [0.3, 0.4) is 0 Å². The van der Waals surface area contributed by atoms with Crippen molar-refractivity contribution < 1.29 is 74.9 Å². The van der Waals surface area contributed by atoms with Gasteiger partial charge >= 0.3 is 44.7 Å². The molecule has 4 unspecified atom stereocenters. The van der Waals surface area contributed by atoms with Crippen molar-refractivity contribution in [2.75, 3.05) is 72.6 Å². The molecule has 2 aliphatic rings. The van der Waals surface area contributed by atoms with Crippen molar-refractivity contribution in [2.24, 2.45) is 21.7 Å². The fraction of sp³-hybridized carbons (Fsp3) is 0.811. The average molecular weight is 1120 g/mol. The summed E-state index contributed by atoms with van der Waals surface area (Å²) in [5.41, 5.74) is -0.0594. The van der Waals surface area contributed by atoms with E-state index in [-0.39, 0.29) is 110 Å². The predicted octanol–water partition coefficient (Wildman–Crippen LogP) is 9.86. The molecule has 3 N–H and O–H groups in total. The van der Waals surface area contributed by atoms with E-state index in [2.05, 4.69) is 110 Å². The van der Waals surface area contributed by atoms with Crippen molar-refractivity contribution in [1.29, 1.82) is 0 Å². The van der Waals surface area contributed by atoms with Gasteiger partial charge in [0.05, 0.1) is 13.2 Å². The third kappa shape index (κ3) is 30.1. The molecule has 2 fully saturated rings. The SMILES string of the molecule is C=C(C)C(=O)OCCOC(=O)CCC1(C)CC(NC(=O)OCCOCCC[Si](C)(C)O[Si](C)(C)O[Si](C)(C)CCCOCCOC(=O)NC2CC(C)(C)CC(C)(CNC(=O)OCCOC(=O)C(=C)C)C2)CC(C)(C)C1. The highest BCUT2D eigenvalue weighted by Gasteiger charge is 2.44. The van der Waals surface area contributed by atoms with Gasteiger partial charge in [-0.05, 0) is 145 Å². The molecule has 3 amide bonds. The van der Waals surface area contributed by atoms with Gasteiger partial charge in [-0.25, -0.2) is 24.0 Å². The first-order chi connectivity index (χ1) is 34.6. The third-order valence-corrected chi connectivity index (χ3v) is 24.5. The summed E-state index contributed by atoms with van der Waals surface area (Å²) in [5, 5.41) is 8.88. The molecule has 0 radical (unpaired) electrons. The first-order valence-electron chi connectivity index (χ1n) is 26.8. The van der Waals surface area contributed by atoms with E-state index in [4.69, 9.17) is 46.1 Å². The Morgan fingerprint density at radius 3 is 1.35 bits per heavy atom. The van der Waals surface area contributed by atoms with Crippen molar-refractivity contribution in [3.8, 4) is 0 Å². The zero-order valence-electron chi connectivity index (χ0n) is 48.4. The van der Waals surface area contributed by atoms with Crippen molar-refractivity contribution in [1.82, 2.24) is 16.0 Å². The Labute approximate surface area is 452 Å². The van der Waals surface area contributed by atoms with E-state index >= 15 is 0 Å². The molecule has 2 rings (SSSR count). The number of esters is 3. The monoisotopic (exact) mass is 1120 g/mol. The number of carbonyl (C=O) groups is 6. The van der Waals surface area contributed by atoms with Crippen LogP contribution in [0.2, 0.25) is 51.4 Å². The quantitative estimate of drug-likeness (QED) is 0.0182. The summed E-state index contributed by atoms with van der Waals surface area (Å²) in [4.78, 5) is 73.4. The van der Waals surface area contributed by atoms with Crippen LogP contribution in [0.4, 0.5) is 14.4 Å². The minimum atomic E-state index is -2.44. The van der Waals surface area contributed by atoms with Crippen LogP contribution >= 0.6 is 0 Å². The van der Waals surface area contributed by atoms with Crippen LogP contribution in [-0.4, -0.2) is 146 Å². The fourth-order valence-electron chi connectivity index (χ4n) is 11.1. The number of hydrogen-bond acceptors (Lipinski definition) is 16. The summed E-state index contributed by atoms with van der Waals surface area (Å²) in [6.45, 7) is 38.2. The summed E-state index contributed by atoms with van der Waals surface area (Å²) < 4.78 is 56.6. The molecule has 4 atom stereocenters. The zero-order chi connectivity index (χ0) is 56.7. The van der Waals surface area contributed by atoms with E-state index in [1.165, 1.54) is 0 Å². The molecule has 0 spiro atoms. The molecule has 0 aromatic rings. The van der Waals surface area contributed by atoms with Crippen molar-refractivity contribution >= 4 is 61.4 Å². The van der Waals surface area contributed by atoms with E-state index < -0.39 is 55.4 Å². The van der Waals surface area contributed by atoms with Crippen LogP contribution in [0, 0.1) is 21.7 Å². The average Bonchev–Trinajstić information content (AvgIpc) is 3.24. The standard InChI is InChI=1S/C53H97N3O16Si3/c1-40(2)45(58)66-28-27-65-44(57)19-20-52(9)35-42(33-50(5,6)37-52)55-48(61)69-25-23-63-21-17-31-73(11,12)71-75(15,16)72-74(13,14)32-18-22-64-24-26-70-49(62)56-43-34-51(7,8)38-53(10,36-43)39-54-47(60)68-30-29-67-46(59)41(3)4/h42-43H,1,3,17-39H2,2,4-16H3,(H,54,60)(H,55,61)(H,56,62). The largest absolute Gasteiger partial charge is 0.462 e. The number of ether oxygens (including phenoxy) is 8. The fourth-order valence-corrected chi connectivity index (χ4v) is 25.1. The smallest absolute Gasteiger partial charge is 0.407 e. The Bertz CT molecular complexity index is 1770. The molecular weight excluding hydrogens is 1020 g/mol. The van der Waals surface area contributed by atoms with Gasteiger partial charge in [0.1, 0.15) is 39.6 Å². The Morgan fingerprint density at radius 2 is 0.893 bits per heavy atom. The minimum Gasteiger partial charge on any atom is -0.462 e. The lowest BCUT2D eigenvalue weighted by Crippen LogP contribution is -2.52. The second-order valence-corrected chi connectivity index (χ2v) is 37.1. The Kier molecular flexibility index (Phi) is 27.8. The summed E-state index contributed by atoms with van der Waals surface area (Å²) in [6.07, 6.45) is 5.56. The van der Waals surface area contributed by atoms with Crippen molar-refractivity contribution in [2.45, 2.75) is 183 Å². The van der Waals surface area contributed by atoms with Crippen molar-refractivity contribution in [3.05, 3.63) is 24.3 Å². The Balaban J connectivity index is 1.61. The first-order valence-corrected chi connectivity index (χ1v) is 35.8. The molecule has 0 aliphatic heterocycles. The molecule has 75 heavy (non-hydrogen) atoms.